The molecule has 0 aliphatic heterocycles. The lowest BCUT2D eigenvalue weighted by Gasteiger charge is -2.28. The molecule has 39 heavy (non-hydrogen) atoms. The van der Waals surface area contributed by atoms with Crippen LogP contribution in [0.4, 0.5) is 0 Å². The number of rotatable bonds is 9. The average molecular weight is 562 g/mol. The molecule has 4 aromatic rings. The molecule has 0 amide bonds. The van der Waals surface area contributed by atoms with Gasteiger partial charge in [-0.2, -0.15) is 4.31 Å². The number of hydrogen-bond acceptors (Lipinski definition) is 4. The summed E-state index contributed by atoms with van der Waals surface area (Å²) < 4.78 is 28.1. The first kappa shape index (κ1) is 26.6. The molecule has 0 heterocycles. The van der Waals surface area contributed by atoms with Gasteiger partial charge in [-0.3, -0.25) is 9.59 Å². The van der Waals surface area contributed by atoms with Gasteiger partial charge in [0.2, 0.25) is 10.0 Å². The summed E-state index contributed by atoms with van der Waals surface area (Å²) in [5, 5.41) is 20.4. The highest BCUT2D eigenvalue weighted by Crippen LogP contribution is 2.57. The Labute approximate surface area is 231 Å². The van der Waals surface area contributed by atoms with Gasteiger partial charge in [-0.25, -0.2) is 8.42 Å². The van der Waals surface area contributed by atoms with Crippen LogP contribution in [0, 0.1) is 0 Å². The van der Waals surface area contributed by atoms with Crippen LogP contribution in [0.3, 0.4) is 0 Å². The van der Waals surface area contributed by atoms with Crippen LogP contribution >= 0.6 is 11.6 Å². The van der Waals surface area contributed by atoms with Crippen molar-refractivity contribution in [3.05, 3.63) is 114 Å². The fraction of sp³-hybridized carbons (Fsp3) is 0.133. The van der Waals surface area contributed by atoms with Gasteiger partial charge >= 0.3 is 11.9 Å². The maximum Gasteiger partial charge on any atom is 0.325 e. The molecule has 0 spiro atoms. The molecule has 0 saturated heterocycles. The van der Waals surface area contributed by atoms with Crippen molar-refractivity contribution in [2.45, 2.75) is 22.8 Å². The number of halogens is 1. The van der Waals surface area contributed by atoms with E-state index in [9.17, 15) is 28.2 Å². The molecule has 2 N–H and O–H groups in total. The second-order valence-corrected chi connectivity index (χ2v) is 11.7. The predicted molar refractivity (Wildman–Crippen MR) is 148 cm³/mol. The van der Waals surface area contributed by atoms with E-state index >= 15 is 0 Å². The monoisotopic (exact) mass is 561 g/mol. The molecular weight excluding hydrogens is 538 g/mol. The zero-order valence-corrected chi connectivity index (χ0v) is 22.1. The standard InChI is InChI=1S/C30H24ClNO6S/c31-25-14-10-22(11-15-25)23-12-16-26(17-13-23)39(37,38)32(19-28(33)34)30(29(35)36)18-27(30)24-8-6-21(7-9-24)20-4-2-1-3-5-20/h1-17,27H,18-19H2,(H,33,34)(H,35,36)/t27-,30+/m0/s1. The maximum atomic E-state index is 13.7. The normalized spacial score (nSPS) is 18.6. The third kappa shape index (κ3) is 5.06. The number of nitrogens with zero attached hydrogens (tertiary/aromatic N) is 1. The summed E-state index contributed by atoms with van der Waals surface area (Å²) in [4.78, 5) is 24.2. The van der Waals surface area contributed by atoms with E-state index in [2.05, 4.69) is 0 Å². The largest absolute Gasteiger partial charge is 0.480 e. The molecule has 0 unspecified atom stereocenters. The first-order chi connectivity index (χ1) is 18.6. The number of carboxylic acids is 2. The molecule has 5 rings (SSSR count). The number of aliphatic carboxylic acids is 2. The SMILES string of the molecule is O=C(O)CN([C@]1(C(=O)O)C[C@H]1c1ccc(-c2ccccc2)cc1)S(=O)(=O)c1ccc(-c2ccc(Cl)cc2)cc1. The number of carbonyl (C=O) groups is 2. The highest BCUT2D eigenvalue weighted by molar-refractivity contribution is 7.89. The minimum atomic E-state index is -4.48. The van der Waals surface area contributed by atoms with E-state index < -0.39 is 40.0 Å². The Morgan fingerprint density at radius 1 is 0.769 bits per heavy atom. The lowest BCUT2D eigenvalue weighted by molar-refractivity contribution is -0.145. The lowest BCUT2D eigenvalue weighted by Crippen LogP contribution is -2.50. The van der Waals surface area contributed by atoms with Gasteiger partial charge in [0.1, 0.15) is 12.1 Å². The summed E-state index contributed by atoms with van der Waals surface area (Å²) in [7, 11) is -4.48. The molecule has 2 atom stereocenters. The van der Waals surface area contributed by atoms with Crippen molar-refractivity contribution in [1.29, 1.82) is 0 Å². The number of sulfonamides is 1. The fourth-order valence-electron chi connectivity index (χ4n) is 4.96. The molecule has 0 bridgehead atoms. The van der Waals surface area contributed by atoms with Crippen LogP contribution in [0.25, 0.3) is 22.3 Å². The van der Waals surface area contributed by atoms with Crippen molar-refractivity contribution in [2.75, 3.05) is 6.54 Å². The van der Waals surface area contributed by atoms with Crippen molar-refractivity contribution in [2.24, 2.45) is 0 Å². The molecule has 9 heteroatoms. The molecular formula is C30H24ClNO6S. The Kier molecular flexibility index (Phi) is 7.03. The summed E-state index contributed by atoms with van der Waals surface area (Å²) in [6.45, 7) is -0.980. The van der Waals surface area contributed by atoms with Crippen molar-refractivity contribution in [3.63, 3.8) is 0 Å². The molecule has 1 saturated carbocycles. The lowest BCUT2D eigenvalue weighted by atomic mass is 10.0. The first-order valence-corrected chi connectivity index (χ1v) is 13.9. The van der Waals surface area contributed by atoms with Gasteiger partial charge in [0, 0.05) is 10.9 Å². The third-order valence-electron chi connectivity index (χ3n) is 7.07. The Balaban J connectivity index is 1.48. The molecule has 4 aromatic carbocycles. The van der Waals surface area contributed by atoms with Crippen LogP contribution in [-0.4, -0.2) is 47.0 Å². The molecule has 198 valence electrons. The van der Waals surface area contributed by atoms with Gasteiger partial charge in [0.15, 0.2) is 0 Å². The van der Waals surface area contributed by atoms with Gasteiger partial charge < -0.3 is 10.2 Å². The summed E-state index contributed by atoms with van der Waals surface area (Å²) in [6, 6.07) is 29.8. The smallest absolute Gasteiger partial charge is 0.325 e. The van der Waals surface area contributed by atoms with Crippen LogP contribution in [0.1, 0.15) is 17.9 Å². The molecule has 7 nitrogen and oxygen atoms in total. The highest BCUT2D eigenvalue weighted by Gasteiger charge is 2.68. The maximum absolute atomic E-state index is 13.7. The summed E-state index contributed by atoms with van der Waals surface area (Å²) >= 11 is 5.95. The average Bonchev–Trinajstić information content (AvgIpc) is 3.70. The molecule has 1 aliphatic carbocycles. The quantitative estimate of drug-likeness (QED) is 0.269. The Morgan fingerprint density at radius 2 is 1.26 bits per heavy atom. The second-order valence-electron chi connectivity index (χ2n) is 9.41. The van der Waals surface area contributed by atoms with Crippen molar-refractivity contribution >= 4 is 33.6 Å². The van der Waals surface area contributed by atoms with E-state index in [1.165, 1.54) is 12.1 Å². The fourth-order valence-corrected chi connectivity index (χ4v) is 6.80. The minimum Gasteiger partial charge on any atom is -0.480 e. The van der Waals surface area contributed by atoms with Gasteiger partial charge in [0.05, 0.1) is 4.90 Å². The summed E-state index contributed by atoms with van der Waals surface area (Å²) in [5.74, 6) is -3.54. The topological polar surface area (TPSA) is 112 Å². The van der Waals surface area contributed by atoms with Crippen molar-refractivity contribution in [1.82, 2.24) is 4.31 Å². The molecule has 1 aliphatic rings. The van der Waals surface area contributed by atoms with E-state index in [1.54, 1.807) is 48.5 Å². The van der Waals surface area contributed by atoms with E-state index in [0.29, 0.717) is 14.9 Å². The number of benzene rings is 4. The number of hydrogen-bond donors (Lipinski definition) is 2. The van der Waals surface area contributed by atoms with Crippen LogP contribution in [0.5, 0.6) is 0 Å². The third-order valence-corrected chi connectivity index (χ3v) is 9.22. The Bertz CT molecular complexity index is 1620. The van der Waals surface area contributed by atoms with E-state index in [1.807, 2.05) is 42.5 Å². The van der Waals surface area contributed by atoms with Crippen molar-refractivity contribution in [3.8, 4) is 22.3 Å². The minimum absolute atomic E-state index is 0.0393. The van der Waals surface area contributed by atoms with Gasteiger partial charge in [-0.05, 0) is 58.5 Å². The Morgan fingerprint density at radius 3 is 1.77 bits per heavy atom. The zero-order chi connectivity index (χ0) is 27.8. The van der Waals surface area contributed by atoms with Crippen molar-refractivity contribution < 1.29 is 28.2 Å². The predicted octanol–water partition coefficient (Wildman–Crippen LogP) is 5.76. The molecule has 1 fully saturated rings. The van der Waals surface area contributed by atoms with Crippen LogP contribution < -0.4 is 0 Å². The highest BCUT2D eigenvalue weighted by atomic mass is 35.5. The van der Waals surface area contributed by atoms with Crippen LogP contribution in [0.2, 0.25) is 5.02 Å². The second kappa shape index (κ2) is 10.3. The zero-order valence-electron chi connectivity index (χ0n) is 20.6. The van der Waals surface area contributed by atoms with E-state index in [4.69, 9.17) is 11.6 Å². The molecule has 0 aromatic heterocycles. The van der Waals surface area contributed by atoms with Crippen LogP contribution in [-0.2, 0) is 19.6 Å². The Hall–Kier alpha value is -3.98. The van der Waals surface area contributed by atoms with Crippen LogP contribution in [0.15, 0.2) is 108 Å². The number of carboxylic acid groups (broad SMARTS) is 2. The van der Waals surface area contributed by atoms with Gasteiger partial charge in [-0.15, -0.1) is 0 Å². The summed E-state index contributed by atoms with van der Waals surface area (Å²) in [6.07, 6.45) is -0.0393. The van der Waals surface area contributed by atoms with Gasteiger partial charge in [0.25, 0.3) is 0 Å². The van der Waals surface area contributed by atoms with E-state index in [-0.39, 0.29) is 11.3 Å². The van der Waals surface area contributed by atoms with Gasteiger partial charge in [-0.1, -0.05) is 90.5 Å². The molecule has 0 radical (unpaired) electrons. The van der Waals surface area contributed by atoms with E-state index in [0.717, 1.165) is 22.3 Å². The first-order valence-electron chi connectivity index (χ1n) is 12.1. The summed E-state index contributed by atoms with van der Waals surface area (Å²) in [5.41, 5.74) is 2.17.